The van der Waals surface area contributed by atoms with Gasteiger partial charge < -0.3 is 5.32 Å². The average molecular weight is 204 g/mol. The van der Waals surface area contributed by atoms with Crippen LogP contribution in [0.15, 0.2) is 18.2 Å². The Balaban J connectivity index is 2.25. The molecule has 1 aromatic carbocycles. The first-order valence-corrected chi connectivity index (χ1v) is 5.21. The Morgan fingerprint density at radius 3 is 3.00 bits per heavy atom. The second-order valence-corrected chi connectivity index (χ2v) is 3.89. The van der Waals surface area contributed by atoms with Crippen LogP contribution in [0.3, 0.4) is 0 Å². The van der Waals surface area contributed by atoms with Gasteiger partial charge in [0.25, 0.3) is 0 Å². The van der Waals surface area contributed by atoms with E-state index in [1.54, 1.807) is 12.1 Å². The maximum atomic E-state index is 13.1. The van der Waals surface area contributed by atoms with Crippen LogP contribution in [0.5, 0.6) is 0 Å². The quantitative estimate of drug-likeness (QED) is 0.761. The highest BCUT2D eigenvalue weighted by molar-refractivity contribution is 5.36. The van der Waals surface area contributed by atoms with E-state index in [0.29, 0.717) is 5.92 Å². The van der Waals surface area contributed by atoms with Gasteiger partial charge in [0.1, 0.15) is 11.9 Å². The summed E-state index contributed by atoms with van der Waals surface area (Å²) in [4.78, 5) is 0. The fraction of sp³-hybridized carbons (Fsp3) is 0.417. The molecule has 1 aliphatic heterocycles. The molecule has 0 saturated carbocycles. The Hall–Kier alpha value is -1.40. The van der Waals surface area contributed by atoms with E-state index in [4.69, 9.17) is 5.26 Å². The Bertz CT molecular complexity index is 389. The van der Waals surface area contributed by atoms with Gasteiger partial charge in [0, 0.05) is 6.54 Å². The van der Waals surface area contributed by atoms with Crippen molar-refractivity contribution in [3.63, 3.8) is 0 Å². The molecule has 0 aliphatic carbocycles. The van der Waals surface area contributed by atoms with Gasteiger partial charge in [-0.05, 0) is 43.0 Å². The molecule has 2 rings (SSSR count). The number of nitriles is 1. The van der Waals surface area contributed by atoms with Gasteiger partial charge in [-0.2, -0.15) is 5.26 Å². The first-order valence-electron chi connectivity index (χ1n) is 5.21. The molecule has 1 heterocycles. The lowest BCUT2D eigenvalue weighted by Crippen LogP contribution is -2.28. The highest BCUT2D eigenvalue weighted by atomic mass is 19.1. The first kappa shape index (κ1) is 10.1. The van der Waals surface area contributed by atoms with Crippen LogP contribution in [-0.4, -0.2) is 13.1 Å². The number of nitrogens with zero attached hydrogens (tertiary/aromatic N) is 1. The van der Waals surface area contributed by atoms with E-state index in [9.17, 15) is 4.39 Å². The number of piperidine rings is 1. The number of benzene rings is 1. The molecular weight excluding hydrogens is 191 g/mol. The third-order valence-corrected chi connectivity index (χ3v) is 2.88. The minimum absolute atomic E-state index is 0.151. The van der Waals surface area contributed by atoms with Crippen molar-refractivity contribution < 1.29 is 4.39 Å². The van der Waals surface area contributed by atoms with Gasteiger partial charge in [-0.15, -0.1) is 0 Å². The molecule has 1 aromatic rings. The Morgan fingerprint density at radius 2 is 2.33 bits per heavy atom. The highest BCUT2D eigenvalue weighted by Gasteiger charge is 2.16. The predicted molar refractivity (Wildman–Crippen MR) is 56.0 cm³/mol. The third-order valence-electron chi connectivity index (χ3n) is 2.88. The van der Waals surface area contributed by atoms with E-state index in [1.165, 1.54) is 6.07 Å². The molecule has 1 aliphatic rings. The van der Waals surface area contributed by atoms with Crippen LogP contribution >= 0.6 is 0 Å². The molecule has 3 heteroatoms. The van der Waals surface area contributed by atoms with Crippen LogP contribution in [0.25, 0.3) is 0 Å². The lowest BCUT2D eigenvalue weighted by Gasteiger charge is -2.23. The zero-order chi connectivity index (χ0) is 10.7. The summed E-state index contributed by atoms with van der Waals surface area (Å²) in [5, 5.41) is 12.0. The zero-order valence-corrected chi connectivity index (χ0v) is 8.46. The van der Waals surface area contributed by atoms with Crippen molar-refractivity contribution in [3.05, 3.63) is 35.1 Å². The molecule has 0 spiro atoms. The van der Waals surface area contributed by atoms with Crippen LogP contribution in [0, 0.1) is 17.1 Å². The summed E-state index contributed by atoms with van der Waals surface area (Å²) < 4.78 is 13.1. The van der Waals surface area contributed by atoms with Gasteiger partial charge >= 0.3 is 0 Å². The van der Waals surface area contributed by atoms with Gasteiger partial charge in [0.15, 0.2) is 0 Å². The minimum Gasteiger partial charge on any atom is -0.316 e. The molecule has 15 heavy (non-hydrogen) atoms. The molecule has 1 atom stereocenters. The second kappa shape index (κ2) is 4.41. The number of halogens is 1. The summed E-state index contributed by atoms with van der Waals surface area (Å²) in [7, 11) is 0. The standard InChI is InChI=1S/C12H13FN2/c13-12-4-3-9(6-11(12)7-14)10-2-1-5-15-8-10/h3-4,6,10,15H,1-2,5,8H2. The molecule has 1 N–H and O–H groups in total. The average Bonchev–Trinajstić information content (AvgIpc) is 2.31. The molecule has 0 bridgehead atoms. The summed E-state index contributed by atoms with van der Waals surface area (Å²) in [5.41, 5.74) is 1.22. The minimum atomic E-state index is -0.426. The van der Waals surface area contributed by atoms with Crippen molar-refractivity contribution in [1.29, 1.82) is 5.26 Å². The van der Waals surface area contributed by atoms with Crippen molar-refractivity contribution in [2.75, 3.05) is 13.1 Å². The third kappa shape index (κ3) is 2.16. The largest absolute Gasteiger partial charge is 0.316 e. The van der Waals surface area contributed by atoms with Crippen LogP contribution in [0.4, 0.5) is 4.39 Å². The van der Waals surface area contributed by atoms with Gasteiger partial charge in [-0.3, -0.25) is 0 Å². The summed E-state index contributed by atoms with van der Waals surface area (Å²) in [6, 6.07) is 6.73. The van der Waals surface area contributed by atoms with E-state index < -0.39 is 5.82 Å². The van der Waals surface area contributed by atoms with Crippen molar-refractivity contribution in [2.24, 2.45) is 0 Å². The van der Waals surface area contributed by atoms with Crippen molar-refractivity contribution in [3.8, 4) is 6.07 Å². The van der Waals surface area contributed by atoms with Gasteiger partial charge in [-0.25, -0.2) is 4.39 Å². The van der Waals surface area contributed by atoms with E-state index in [1.807, 2.05) is 6.07 Å². The van der Waals surface area contributed by atoms with Gasteiger partial charge in [0.2, 0.25) is 0 Å². The molecule has 1 saturated heterocycles. The highest BCUT2D eigenvalue weighted by Crippen LogP contribution is 2.24. The van der Waals surface area contributed by atoms with Crippen molar-refractivity contribution in [2.45, 2.75) is 18.8 Å². The van der Waals surface area contributed by atoms with Crippen LogP contribution in [0.2, 0.25) is 0 Å². The number of hydrogen-bond donors (Lipinski definition) is 1. The van der Waals surface area contributed by atoms with Crippen molar-refractivity contribution >= 4 is 0 Å². The molecule has 1 unspecified atom stereocenters. The normalized spacial score (nSPS) is 20.9. The van der Waals surface area contributed by atoms with E-state index in [2.05, 4.69) is 5.32 Å². The molecule has 2 nitrogen and oxygen atoms in total. The number of nitrogens with one attached hydrogen (secondary N) is 1. The topological polar surface area (TPSA) is 35.8 Å². The zero-order valence-electron chi connectivity index (χ0n) is 8.46. The SMILES string of the molecule is N#Cc1cc(C2CCCNC2)ccc1F. The summed E-state index contributed by atoms with van der Waals surface area (Å²) in [5.74, 6) is -0.00327. The maximum Gasteiger partial charge on any atom is 0.140 e. The summed E-state index contributed by atoms with van der Waals surface area (Å²) in [6.45, 7) is 1.99. The van der Waals surface area contributed by atoms with E-state index >= 15 is 0 Å². The molecular formula is C12H13FN2. The summed E-state index contributed by atoms with van der Waals surface area (Å²) >= 11 is 0. The smallest absolute Gasteiger partial charge is 0.140 e. The van der Waals surface area contributed by atoms with Crippen LogP contribution in [-0.2, 0) is 0 Å². The molecule has 0 amide bonds. The Morgan fingerprint density at radius 1 is 1.47 bits per heavy atom. The monoisotopic (exact) mass is 204 g/mol. The first-order chi connectivity index (χ1) is 7.31. The fourth-order valence-corrected chi connectivity index (χ4v) is 2.02. The summed E-state index contributed by atoms with van der Waals surface area (Å²) in [6.07, 6.45) is 2.26. The lowest BCUT2D eigenvalue weighted by atomic mass is 9.91. The molecule has 1 fully saturated rings. The van der Waals surface area contributed by atoms with E-state index in [0.717, 1.165) is 31.5 Å². The predicted octanol–water partition coefficient (Wildman–Crippen LogP) is 2.16. The second-order valence-electron chi connectivity index (χ2n) is 3.89. The Kier molecular flexibility index (Phi) is 2.98. The van der Waals surface area contributed by atoms with Crippen LogP contribution in [0.1, 0.15) is 29.9 Å². The van der Waals surface area contributed by atoms with E-state index in [-0.39, 0.29) is 5.56 Å². The van der Waals surface area contributed by atoms with Gasteiger partial charge in [-0.1, -0.05) is 6.07 Å². The lowest BCUT2D eigenvalue weighted by molar-refractivity contribution is 0.461. The van der Waals surface area contributed by atoms with Crippen molar-refractivity contribution in [1.82, 2.24) is 5.32 Å². The van der Waals surface area contributed by atoms with Gasteiger partial charge in [0.05, 0.1) is 5.56 Å². The molecule has 0 aromatic heterocycles. The fourth-order valence-electron chi connectivity index (χ4n) is 2.02. The molecule has 78 valence electrons. The number of rotatable bonds is 1. The Labute approximate surface area is 88.7 Å². The molecule has 0 radical (unpaired) electrons. The maximum absolute atomic E-state index is 13.1. The number of hydrogen-bond acceptors (Lipinski definition) is 2. The van der Waals surface area contributed by atoms with Crippen LogP contribution < -0.4 is 5.32 Å².